The Morgan fingerprint density at radius 3 is 2.35 bits per heavy atom. The van der Waals surface area contributed by atoms with Crippen molar-refractivity contribution in [1.82, 2.24) is 10.2 Å². The lowest BCUT2D eigenvalue weighted by molar-refractivity contribution is -0.157. The Bertz CT molecular complexity index is 298. The number of piperazine rings is 1. The predicted molar refractivity (Wildman–Crippen MR) is 67.5 cm³/mol. The van der Waals surface area contributed by atoms with Crippen LogP contribution >= 0.6 is 0 Å². The van der Waals surface area contributed by atoms with E-state index in [0.717, 1.165) is 12.8 Å². The summed E-state index contributed by atoms with van der Waals surface area (Å²) < 4.78 is 0. The van der Waals surface area contributed by atoms with Crippen LogP contribution in [0.5, 0.6) is 0 Å². The normalized spacial score (nSPS) is 21.3. The second-order valence-electron chi connectivity index (χ2n) is 4.82. The van der Waals surface area contributed by atoms with E-state index in [2.05, 4.69) is 12.2 Å². The minimum atomic E-state index is -0.635. The van der Waals surface area contributed by atoms with Crippen molar-refractivity contribution in [2.75, 3.05) is 6.54 Å². The van der Waals surface area contributed by atoms with Crippen molar-refractivity contribution < 1.29 is 9.59 Å². The van der Waals surface area contributed by atoms with Gasteiger partial charge in [0.25, 0.3) is 0 Å². The SMILES string of the molecule is CCCC(C)N1C(=O)CNC(=O)C1(CC)CC. The third-order valence-corrected chi connectivity index (χ3v) is 3.87. The van der Waals surface area contributed by atoms with Crippen LogP contribution in [0.1, 0.15) is 53.4 Å². The summed E-state index contributed by atoms with van der Waals surface area (Å²) in [7, 11) is 0. The van der Waals surface area contributed by atoms with E-state index in [4.69, 9.17) is 0 Å². The fourth-order valence-electron chi connectivity index (χ4n) is 2.88. The maximum Gasteiger partial charge on any atom is 0.246 e. The minimum absolute atomic E-state index is 0.00468. The van der Waals surface area contributed by atoms with Crippen molar-refractivity contribution in [3.63, 3.8) is 0 Å². The fourth-order valence-corrected chi connectivity index (χ4v) is 2.88. The topological polar surface area (TPSA) is 49.4 Å². The average Bonchev–Trinajstić information content (AvgIpc) is 2.32. The molecule has 1 fully saturated rings. The molecule has 98 valence electrons. The number of nitrogens with zero attached hydrogens (tertiary/aromatic N) is 1. The van der Waals surface area contributed by atoms with Crippen molar-refractivity contribution in [3.8, 4) is 0 Å². The summed E-state index contributed by atoms with van der Waals surface area (Å²) in [5.41, 5.74) is -0.635. The zero-order valence-electron chi connectivity index (χ0n) is 11.4. The van der Waals surface area contributed by atoms with Gasteiger partial charge in [-0.05, 0) is 26.2 Å². The molecule has 0 bridgehead atoms. The molecule has 17 heavy (non-hydrogen) atoms. The number of hydrogen-bond donors (Lipinski definition) is 1. The molecule has 0 aliphatic carbocycles. The van der Waals surface area contributed by atoms with E-state index in [9.17, 15) is 9.59 Å². The quantitative estimate of drug-likeness (QED) is 0.795. The number of carbonyl (C=O) groups is 2. The summed E-state index contributed by atoms with van der Waals surface area (Å²) in [6.45, 7) is 8.25. The molecule has 0 radical (unpaired) electrons. The Kier molecular flexibility index (Phi) is 4.54. The van der Waals surface area contributed by atoms with Crippen LogP contribution in [0.25, 0.3) is 0 Å². The molecule has 1 aliphatic rings. The second-order valence-corrected chi connectivity index (χ2v) is 4.82. The third kappa shape index (κ3) is 2.31. The smallest absolute Gasteiger partial charge is 0.246 e. The van der Waals surface area contributed by atoms with Crippen molar-refractivity contribution in [2.24, 2.45) is 0 Å². The molecule has 0 saturated carbocycles. The zero-order chi connectivity index (χ0) is 13.1. The zero-order valence-corrected chi connectivity index (χ0v) is 11.4. The van der Waals surface area contributed by atoms with Gasteiger partial charge in [0.1, 0.15) is 5.54 Å². The molecule has 0 aromatic carbocycles. The van der Waals surface area contributed by atoms with Gasteiger partial charge in [-0.3, -0.25) is 9.59 Å². The van der Waals surface area contributed by atoms with E-state index in [1.165, 1.54) is 0 Å². The van der Waals surface area contributed by atoms with Crippen molar-refractivity contribution in [3.05, 3.63) is 0 Å². The Morgan fingerprint density at radius 2 is 1.88 bits per heavy atom. The summed E-state index contributed by atoms with van der Waals surface area (Å²) in [5.74, 6) is 0.0549. The maximum atomic E-state index is 12.1. The van der Waals surface area contributed by atoms with Gasteiger partial charge in [-0.1, -0.05) is 27.2 Å². The molecule has 1 N–H and O–H groups in total. The third-order valence-electron chi connectivity index (χ3n) is 3.87. The number of hydrogen-bond acceptors (Lipinski definition) is 2. The monoisotopic (exact) mass is 240 g/mol. The van der Waals surface area contributed by atoms with Crippen LogP contribution in [-0.2, 0) is 9.59 Å². The van der Waals surface area contributed by atoms with Crippen molar-refractivity contribution >= 4 is 11.8 Å². The summed E-state index contributed by atoms with van der Waals surface area (Å²) in [6.07, 6.45) is 3.32. The standard InChI is InChI=1S/C13H24N2O2/c1-5-8-10(4)15-11(16)9-14-12(17)13(15,6-2)7-3/h10H,5-9H2,1-4H3,(H,14,17). The lowest BCUT2D eigenvalue weighted by atomic mass is 9.85. The molecular formula is C13H24N2O2. The van der Waals surface area contributed by atoms with Gasteiger partial charge in [-0.15, -0.1) is 0 Å². The van der Waals surface area contributed by atoms with Gasteiger partial charge < -0.3 is 10.2 Å². The molecule has 1 unspecified atom stereocenters. The first-order chi connectivity index (χ1) is 8.03. The first-order valence-electron chi connectivity index (χ1n) is 6.63. The first kappa shape index (κ1) is 14.0. The summed E-state index contributed by atoms with van der Waals surface area (Å²) in [4.78, 5) is 26.1. The van der Waals surface area contributed by atoms with E-state index >= 15 is 0 Å². The number of carbonyl (C=O) groups excluding carboxylic acids is 2. The van der Waals surface area contributed by atoms with E-state index in [-0.39, 0.29) is 24.4 Å². The number of amides is 2. The van der Waals surface area contributed by atoms with Crippen molar-refractivity contribution in [2.45, 2.75) is 65.0 Å². The van der Waals surface area contributed by atoms with Crippen LogP contribution < -0.4 is 5.32 Å². The highest BCUT2D eigenvalue weighted by Gasteiger charge is 2.48. The second kappa shape index (κ2) is 5.52. The van der Waals surface area contributed by atoms with E-state index in [0.29, 0.717) is 12.8 Å². The number of nitrogens with one attached hydrogen (secondary N) is 1. The maximum absolute atomic E-state index is 12.1. The molecule has 0 aromatic heterocycles. The highest BCUT2D eigenvalue weighted by Crippen LogP contribution is 2.30. The van der Waals surface area contributed by atoms with Crippen LogP contribution in [0.2, 0.25) is 0 Å². The van der Waals surface area contributed by atoms with Gasteiger partial charge in [-0.2, -0.15) is 0 Å². The van der Waals surface area contributed by atoms with Gasteiger partial charge in [0, 0.05) is 6.04 Å². The van der Waals surface area contributed by atoms with E-state index in [1.807, 2.05) is 25.7 Å². The van der Waals surface area contributed by atoms with Crippen LogP contribution in [0, 0.1) is 0 Å². The van der Waals surface area contributed by atoms with Crippen molar-refractivity contribution in [1.29, 1.82) is 0 Å². The van der Waals surface area contributed by atoms with Crippen LogP contribution in [0.3, 0.4) is 0 Å². The summed E-state index contributed by atoms with van der Waals surface area (Å²) >= 11 is 0. The van der Waals surface area contributed by atoms with Gasteiger partial charge in [0.05, 0.1) is 6.54 Å². The Morgan fingerprint density at radius 1 is 1.29 bits per heavy atom. The minimum Gasteiger partial charge on any atom is -0.345 e. The average molecular weight is 240 g/mol. The molecule has 1 rings (SSSR count). The molecule has 0 aromatic rings. The Balaban J connectivity index is 3.07. The molecule has 2 amide bonds. The summed E-state index contributed by atoms with van der Waals surface area (Å²) in [5, 5.41) is 2.72. The highest BCUT2D eigenvalue weighted by atomic mass is 16.2. The van der Waals surface area contributed by atoms with Gasteiger partial charge >= 0.3 is 0 Å². The first-order valence-corrected chi connectivity index (χ1v) is 6.63. The largest absolute Gasteiger partial charge is 0.345 e. The Labute approximate surface area is 104 Å². The molecule has 4 heteroatoms. The highest BCUT2D eigenvalue weighted by molar-refractivity contribution is 5.98. The van der Waals surface area contributed by atoms with Gasteiger partial charge in [-0.25, -0.2) is 0 Å². The van der Waals surface area contributed by atoms with Crippen LogP contribution in [0.15, 0.2) is 0 Å². The van der Waals surface area contributed by atoms with E-state index < -0.39 is 5.54 Å². The number of rotatable bonds is 5. The fraction of sp³-hybridized carbons (Fsp3) is 0.846. The molecule has 4 nitrogen and oxygen atoms in total. The lowest BCUT2D eigenvalue weighted by Crippen LogP contribution is -2.68. The van der Waals surface area contributed by atoms with E-state index in [1.54, 1.807) is 0 Å². The molecule has 1 aliphatic heterocycles. The van der Waals surface area contributed by atoms with Crippen LogP contribution in [-0.4, -0.2) is 34.8 Å². The molecule has 1 saturated heterocycles. The van der Waals surface area contributed by atoms with Gasteiger partial charge in [0.2, 0.25) is 11.8 Å². The Hall–Kier alpha value is -1.06. The van der Waals surface area contributed by atoms with Crippen LogP contribution in [0.4, 0.5) is 0 Å². The lowest BCUT2D eigenvalue weighted by Gasteiger charge is -2.48. The predicted octanol–water partition coefficient (Wildman–Crippen LogP) is 1.69. The molecule has 1 heterocycles. The van der Waals surface area contributed by atoms with Gasteiger partial charge in [0.15, 0.2) is 0 Å². The molecule has 0 spiro atoms. The molecular weight excluding hydrogens is 216 g/mol. The summed E-state index contributed by atoms with van der Waals surface area (Å²) in [6, 6.07) is 0.137. The molecule has 1 atom stereocenters.